The molecule has 1 aliphatic heterocycles. The molecule has 0 saturated carbocycles. The molecule has 1 atom stereocenters. The van der Waals surface area contributed by atoms with Crippen LogP contribution in [0.2, 0.25) is 5.02 Å². The second-order valence-electron chi connectivity index (χ2n) is 5.11. The van der Waals surface area contributed by atoms with Crippen LogP contribution in [-0.2, 0) is 6.54 Å². The third-order valence-electron chi connectivity index (χ3n) is 3.77. The number of halogens is 2. The molecule has 5 heteroatoms. The van der Waals surface area contributed by atoms with E-state index in [-0.39, 0.29) is 16.9 Å². The third-order valence-corrected chi connectivity index (χ3v) is 4.08. The molecule has 20 heavy (non-hydrogen) atoms. The number of hydrogen-bond acceptors (Lipinski definition) is 3. The Hall–Kier alpha value is -1.15. The molecule has 3 nitrogen and oxygen atoms in total. The molecule has 0 spiro atoms. The third kappa shape index (κ3) is 3.69. The Kier molecular flexibility index (Phi) is 5.36. The molecule has 1 saturated heterocycles. The van der Waals surface area contributed by atoms with E-state index in [1.54, 1.807) is 6.07 Å². The highest BCUT2D eigenvalue weighted by atomic mass is 35.5. The van der Waals surface area contributed by atoms with Crippen LogP contribution in [0.25, 0.3) is 0 Å². The van der Waals surface area contributed by atoms with Crippen molar-refractivity contribution in [2.45, 2.75) is 25.9 Å². The Morgan fingerprint density at radius 3 is 2.60 bits per heavy atom. The highest BCUT2D eigenvalue weighted by Gasteiger charge is 2.22. The molecule has 0 bridgehead atoms. The first-order valence-electron chi connectivity index (χ1n) is 6.94. The molecule has 0 amide bonds. The van der Waals surface area contributed by atoms with Crippen LogP contribution in [0.15, 0.2) is 18.2 Å². The SMILES string of the molecule is CCC(C#N)N1CCN(Cc2ccc(Cl)c(F)c2)CC1. The average Bonchev–Trinajstić information content (AvgIpc) is 2.46. The Balaban J connectivity index is 1.88. The summed E-state index contributed by atoms with van der Waals surface area (Å²) < 4.78 is 13.4. The maximum Gasteiger partial charge on any atom is 0.142 e. The fraction of sp³-hybridized carbons (Fsp3) is 0.533. The van der Waals surface area contributed by atoms with Crippen LogP contribution < -0.4 is 0 Å². The standard InChI is InChI=1S/C15H19ClFN3/c1-2-13(10-18)20-7-5-19(6-8-20)11-12-3-4-14(16)15(17)9-12/h3-4,9,13H,2,5-8,11H2,1H3. The van der Waals surface area contributed by atoms with Crippen molar-refractivity contribution < 1.29 is 4.39 Å². The van der Waals surface area contributed by atoms with Gasteiger partial charge in [0.05, 0.1) is 17.1 Å². The lowest BCUT2D eigenvalue weighted by Gasteiger charge is -2.36. The first kappa shape index (κ1) is 15.2. The highest BCUT2D eigenvalue weighted by Crippen LogP contribution is 2.18. The van der Waals surface area contributed by atoms with Gasteiger partial charge in [0.25, 0.3) is 0 Å². The van der Waals surface area contributed by atoms with Gasteiger partial charge in [0.15, 0.2) is 0 Å². The lowest BCUT2D eigenvalue weighted by Crippen LogP contribution is -2.49. The minimum Gasteiger partial charge on any atom is -0.297 e. The Morgan fingerprint density at radius 2 is 2.05 bits per heavy atom. The van der Waals surface area contributed by atoms with E-state index in [2.05, 4.69) is 15.9 Å². The number of nitrogens with zero attached hydrogens (tertiary/aromatic N) is 3. The van der Waals surface area contributed by atoms with Gasteiger partial charge in [-0.2, -0.15) is 5.26 Å². The van der Waals surface area contributed by atoms with Crippen LogP contribution in [0.4, 0.5) is 4.39 Å². The summed E-state index contributed by atoms with van der Waals surface area (Å²) in [6.45, 7) is 6.36. The second-order valence-corrected chi connectivity index (χ2v) is 5.52. The highest BCUT2D eigenvalue weighted by molar-refractivity contribution is 6.30. The molecule has 1 heterocycles. The number of rotatable bonds is 4. The average molecular weight is 296 g/mol. The first-order valence-corrected chi connectivity index (χ1v) is 7.31. The molecular weight excluding hydrogens is 277 g/mol. The lowest BCUT2D eigenvalue weighted by molar-refractivity contribution is 0.108. The first-order chi connectivity index (χ1) is 9.63. The minimum atomic E-state index is -0.363. The van der Waals surface area contributed by atoms with Gasteiger partial charge in [0.2, 0.25) is 0 Å². The summed E-state index contributed by atoms with van der Waals surface area (Å²) in [4.78, 5) is 4.50. The zero-order valence-electron chi connectivity index (χ0n) is 11.6. The minimum absolute atomic E-state index is 0.0186. The zero-order valence-corrected chi connectivity index (χ0v) is 12.4. The Morgan fingerprint density at radius 1 is 1.35 bits per heavy atom. The fourth-order valence-electron chi connectivity index (χ4n) is 2.56. The lowest BCUT2D eigenvalue weighted by atomic mass is 10.1. The molecule has 0 N–H and O–H groups in total. The zero-order chi connectivity index (χ0) is 14.5. The van der Waals surface area contributed by atoms with Crippen molar-refractivity contribution in [1.82, 2.24) is 9.80 Å². The molecule has 1 fully saturated rings. The van der Waals surface area contributed by atoms with Crippen LogP contribution >= 0.6 is 11.6 Å². The van der Waals surface area contributed by atoms with Gasteiger partial charge in [-0.15, -0.1) is 0 Å². The van der Waals surface area contributed by atoms with Crippen molar-refractivity contribution in [1.29, 1.82) is 5.26 Å². The molecule has 1 aromatic carbocycles. The summed E-state index contributed by atoms with van der Waals surface area (Å²) in [7, 11) is 0. The van der Waals surface area contributed by atoms with Crippen molar-refractivity contribution in [2.24, 2.45) is 0 Å². The molecule has 1 unspecified atom stereocenters. The van der Waals surface area contributed by atoms with Crippen LogP contribution in [0.5, 0.6) is 0 Å². The molecule has 1 aromatic rings. The largest absolute Gasteiger partial charge is 0.297 e. The summed E-state index contributed by atoms with van der Waals surface area (Å²) in [6.07, 6.45) is 0.860. The van der Waals surface area contributed by atoms with Gasteiger partial charge in [-0.3, -0.25) is 9.80 Å². The van der Waals surface area contributed by atoms with E-state index in [0.717, 1.165) is 44.7 Å². The van der Waals surface area contributed by atoms with Gasteiger partial charge in [0, 0.05) is 32.7 Å². The van der Waals surface area contributed by atoms with E-state index in [1.165, 1.54) is 6.07 Å². The predicted molar refractivity (Wildman–Crippen MR) is 78.0 cm³/mol. The quantitative estimate of drug-likeness (QED) is 0.855. The van der Waals surface area contributed by atoms with Crippen molar-refractivity contribution in [3.63, 3.8) is 0 Å². The Labute approximate surface area is 124 Å². The summed E-state index contributed by atoms with van der Waals surface area (Å²) in [5.74, 6) is -0.363. The summed E-state index contributed by atoms with van der Waals surface area (Å²) in [6, 6.07) is 7.33. The fourth-order valence-corrected chi connectivity index (χ4v) is 2.68. The Bertz CT molecular complexity index is 492. The summed E-state index contributed by atoms with van der Waals surface area (Å²) >= 11 is 5.68. The predicted octanol–water partition coefficient (Wildman–Crippen LogP) is 2.90. The normalized spacial score (nSPS) is 18.7. The van der Waals surface area contributed by atoms with Gasteiger partial charge < -0.3 is 0 Å². The maximum absolute atomic E-state index is 13.4. The number of piperazine rings is 1. The van der Waals surface area contributed by atoms with Crippen LogP contribution in [0.3, 0.4) is 0 Å². The molecule has 0 aromatic heterocycles. The van der Waals surface area contributed by atoms with Crippen LogP contribution in [0, 0.1) is 17.1 Å². The van der Waals surface area contributed by atoms with Gasteiger partial charge in [0.1, 0.15) is 5.82 Å². The molecule has 108 valence electrons. The topological polar surface area (TPSA) is 30.3 Å². The molecule has 0 radical (unpaired) electrons. The summed E-state index contributed by atoms with van der Waals surface area (Å²) in [5, 5.41) is 9.24. The number of benzene rings is 1. The van der Waals surface area contributed by atoms with E-state index in [1.807, 2.05) is 13.0 Å². The van der Waals surface area contributed by atoms with Crippen molar-refractivity contribution >= 4 is 11.6 Å². The van der Waals surface area contributed by atoms with E-state index < -0.39 is 0 Å². The van der Waals surface area contributed by atoms with E-state index in [0.29, 0.717) is 0 Å². The van der Waals surface area contributed by atoms with Crippen molar-refractivity contribution in [3.8, 4) is 6.07 Å². The van der Waals surface area contributed by atoms with Gasteiger partial charge in [-0.25, -0.2) is 4.39 Å². The molecule has 2 rings (SSSR count). The van der Waals surface area contributed by atoms with Crippen LogP contribution in [-0.4, -0.2) is 42.0 Å². The van der Waals surface area contributed by atoms with E-state index in [9.17, 15) is 4.39 Å². The molecule has 0 aliphatic carbocycles. The summed E-state index contributed by atoms with van der Waals surface area (Å²) in [5.41, 5.74) is 0.938. The maximum atomic E-state index is 13.4. The molecule has 1 aliphatic rings. The van der Waals surface area contributed by atoms with Crippen LogP contribution in [0.1, 0.15) is 18.9 Å². The van der Waals surface area contributed by atoms with Crippen molar-refractivity contribution in [3.05, 3.63) is 34.6 Å². The van der Waals surface area contributed by atoms with Gasteiger partial charge in [-0.05, 0) is 24.1 Å². The second kappa shape index (κ2) is 7.03. The number of nitriles is 1. The monoisotopic (exact) mass is 295 g/mol. The smallest absolute Gasteiger partial charge is 0.142 e. The van der Waals surface area contributed by atoms with E-state index in [4.69, 9.17) is 16.9 Å². The van der Waals surface area contributed by atoms with Gasteiger partial charge in [-0.1, -0.05) is 24.6 Å². The van der Waals surface area contributed by atoms with E-state index >= 15 is 0 Å². The van der Waals surface area contributed by atoms with Gasteiger partial charge >= 0.3 is 0 Å². The molecular formula is C15H19ClFN3. The number of hydrogen-bond donors (Lipinski definition) is 0. The van der Waals surface area contributed by atoms with Crippen molar-refractivity contribution in [2.75, 3.05) is 26.2 Å².